The first-order valence-electron chi connectivity index (χ1n) is 7.59. The molecule has 23 heavy (non-hydrogen) atoms. The Labute approximate surface area is 135 Å². The molecule has 3 rings (SSSR count). The van der Waals surface area contributed by atoms with Gasteiger partial charge in [0.1, 0.15) is 0 Å². The molecule has 0 unspecified atom stereocenters. The van der Waals surface area contributed by atoms with Gasteiger partial charge in [0.15, 0.2) is 0 Å². The fourth-order valence-electron chi connectivity index (χ4n) is 2.59. The lowest BCUT2D eigenvalue weighted by molar-refractivity contribution is 0.0940. The van der Waals surface area contributed by atoms with Crippen LogP contribution < -0.4 is 5.32 Å². The minimum Gasteiger partial charge on any atom is -0.345 e. The minimum atomic E-state index is -0.0835. The molecule has 0 fully saturated rings. The van der Waals surface area contributed by atoms with Gasteiger partial charge in [-0.3, -0.25) is 9.48 Å². The quantitative estimate of drug-likeness (QED) is 0.805. The SMILES string of the molecule is Cc1c([C@@H](C)NC(=O)c2ccc(-n3cccc3)cc2)cnn1C. The van der Waals surface area contributed by atoms with E-state index in [1.807, 2.05) is 78.9 Å². The maximum absolute atomic E-state index is 12.4. The largest absolute Gasteiger partial charge is 0.345 e. The third-order valence-corrected chi connectivity index (χ3v) is 4.12. The summed E-state index contributed by atoms with van der Waals surface area (Å²) in [5.41, 5.74) is 3.77. The van der Waals surface area contributed by atoms with Crippen LogP contribution in [0.2, 0.25) is 0 Å². The number of benzene rings is 1. The average Bonchev–Trinajstić information content (AvgIpc) is 3.19. The number of rotatable bonds is 4. The Morgan fingerprint density at radius 2 is 1.83 bits per heavy atom. The van der Waals surface area contributed by atoms with Crippen LogP contribution in [0.1, 0.15) is 34.6 Å². The van der Waals surface area contributed by atoms with Crippen molar-refractivity contribution in [2.75, 3.05) is 0 Å². The molecule has 0 aliphatic heterocycles. The normalized spacial score (nSPS) is 12.1. The molecular formula is C18H20N4O. The third-order valence-electron chi connectivity index (χ3n) is 4.12. The number of amides is 1. The summed E-state index contributed by atoms with van der Waals surface area (Å²) in [7, 11) is 1.90. The van der Waals surface area contributed by atoms with Crippen molar-refractivity contribution in [3.63, 3.8) is 0 Å². The second-order valence-corrected chi connectivity index (χ2v) is 5.64. The number of nitrogens with one attached hydrogen (secondary N) is 1. The zero-order valence-electron chi connectivity index (χ0n) is 13.5. The molecule has 5 heteroatoms. The summed E-state index contributed by atoms with van der Waals surface area (Å²) in [6.45, 7) is 3.97. The Bertz CT molecular complexity index is 800. The second kappa shape index (κ2) is 6.12. The van der Waals surface area contributed by atoms with Crippen LogP contribution in [0.4, 0.5) is 0 Å². The number of nitrogens with zero attached hydrogens (tertiary/aromatic N) is 3. The molecule has 0 radical (unpaired) electrons. The lowest BCUT2D eigenvalue weighted by Crippen LogP contribution is -2.26. The molecule has 0 bridgehead atoms. The van der Waals surface area contributed by atoms with E-state index >= 15 is 0 Å². The van der Waals surface area contributed by atoms with Gasteiger partial charge in [-0.25, -0.2) is 0 Å². The van der Waals surface area contributed by atoms with Crippen LogP contribution in [-0.4, -0.2) is 20.3 Å². The lowest BCUT2D eigenvalue weighted by atomic mass is 10.1. The van der Waals surface area contributed by atoms with E-state index in [-0.39, 0.29) is 11.9 Å². The molecule has 118 valence electrons. The summed E-state index contributed by atoms with van der Waals surface area (Å²) in [5, 5.41) is 7.24. The van der Waals surface area contributed by atoms with E-state index in [2.05, 4.69) is 10.4 Å². The van der Waals surface area contributed by atoms with Crippen molar-refractivity contribution in [2.24, 2.45) is 7.05 Å². The molecule has 0 spiro atoms. The van der Waals surface area contributed by atoms with Gasteiger partial charge in [-0.1, -0.05) is 0 Å². The number of hydrogen-bond acceptors (Lipinski definition) is 2. The first-order valence-corrected chi connectivity index (χ1v) is 7.59. The lowest BCUT2D eigenvalue weighted by Gasteiger charge is -2.14. The van der Waals surface area contributed by atoms with Crippen molar-refractivity contribution in [2.45, 2.75) is 19.9 Å². The Kier molecular flexibility index (Phi) is 4.02. The van der Waals surface area contributed by atoms with Gasteiger partial charge in [0, 0.05) is 41.9 Å². The third kappa shape index (κ3) is 3.04. The Balaban J connectivity index is 1.72. The molecule has 1 aromatic carbocycles. The van der Waals surface area contributed by atoms with Crippen LogP contribution in [-0.2, 0) is 7.05 Å². The standard InChI is InChI=1S/C18H20N4O/c1-13(17-12-19-21(3)14(17)2)20-18(23)15-6-8-16(9-7-15)22-10-4-5-11-22/h4-13H,1-3H3,(H,20,23)/t13-/m1/s1. The van der Waals surface area contributed by atoms with Crippen LogP contribution in [0.5, 0.6) is 0 Å². The molecule has 1 atom stereocenters. The highest BCUT2D eigenvalue weighted by atomic mass is 16.1. The fraction of sp³-hybridized carbons (Fsp3) is 0.222. The monoisotopic (exact) mass is 308 g/mol. The number of hydrogen-bond donors (Lipinski definition) is 1. The Morgan fingerprint density at radius 1 is 1.17 bits per heavy atom. The first-order chi connectivity index (χ1) is 11.1. The molecule has 0 aliphatic rings. The predicted molar refractivity (Wildman–Crippen MR) is 89.6 cm³/mol. The summed E-state index contributed by atoms with van der Waals surface area (Å²) >= 11 is 0. The van der Waals surface area contributed by atoms with Crippen molar-refractivity contribution in [1.29, 1.82) is 0 Å². The van der Waals surface area contributed by atoms with Crippen LogP contribution in [0.25, 0.3) is 5.69 Å². The maximum atomic E-state index is 12.4. The summed E-state index contributed by atoms with van der Waals surface area (Å²) in [4.78, 5) is 12.4. The number of aryl methyl sites for hydroxylation is 1. The van der Waals surface area contributed by atoms with Crippen molar-refractivity contribution < 1.29 is 4.79 Å². The maximum Gasteiger partial charge on any atom is 0.251 e. The van der Waals surface area contributed by atoms with Gasteiger partial charge in [-0.15, -0.1) is 0 Å². The minimum absolute atomic E-state index is 0.0830. The van der Waals surface area contributed by atoms with Gasteiger partial charge < -0.3 is 9.88 Å². The molecule has 2 heterocycles. The predicted octanol–water partition coefficient (Wildman–Crippen LogP) is 3.01. The molecule has 1 amide bonds. The van der Waals surface area contributed by atoms with Crippen LogP contribution in [0, 0.1) is 6.92 Å². The molecular weight excluding hydrogens is 288 g/mol. The van der Waals surface area contributed by atoms with E-state index in [1.165, 1.54) is 0 Å². The zero-order chi connectivity index (χ0) is 16.4. The van der Waals surface area contributed by atoms with Crippen LogP contribution in [0.3, 0.4) is 0 Å². The summed E-state index contributed by atoms with van der Waals surface area (Å²) in [6.07, 6.45) is 5.75. The molecule has 0 aliphatic carbocycles. The van der Waals surface area contributed by atoms with Gasteiger partial charge >= 0.3 is 0 Å². The number of aromatic nitrogens is 3. The number of carbonyl (C=O) groups is 1. The van der Waals surface area contributed by atoms with Gasteiger partial charge in [0.2, 0.25) is 0 Å². The van der Waals surface area contributed by atoms with Crippen LogP contribution in [0.15, 0.2) is 55.0 Å². The van der Waals surface area contributed by atoms with E-state index < -0.39 is 0 Å². The van der Waals surface area contributed by atoms with Crippen molar-refractivity contribution in [3.05, 3.63) is 71.8 Å². The average molecular weight is 308 g/mol. The fourth-order valence-corrected chi connectivity index (χ4v) is 2.59. The summed E-state index contributed by atoms with van der Waals surface area (Å²) in [6, 6.07) is 11.4. The molecule has 2 aromatic heterocycles. The smallest absolute Gasteiger partial charge is 0.251 e. The van der Waals surface area contributed by atoms with E-state index in [1.54, 1.807) is 6.20 Å². The molecule has 5 nitrogen and oxygen atoms in total. The van der Waals surface area contributed by atoms with Crippen molar-refractivity contribution in [3.8, 4) is 5.69 Å². The van der Waals surface area contributed by atoms with Gasteiger partial charge in [0.25, 0.3) is 5.91 Å². The van der Waals surface area contributed by atoms with Crippen molar-refractivity contribution >= 4 is 5.91 Å². The van der Waals surface area contributed by atoms with Gasteiger partial charge in [-0.2, -0.15) is 5.10 Å². The molecule has 0 saturated heterocycles. The Hall–Kier alpha value is -2.82. The second-order valence-electron chi connectivity index (χ2n) is 5.64. The summed E-state index contributed by atoms with van der Waals surface area (Å²) in [5.74, 6) is -0.0835. The molecule has 1 N–H and O–H groups in total. The summed E-state index contributed by atoms with van der Waals surface area (Å²) < 4.78 is 3.81. The van der Waals surface area contributed by atoms with E-state index in [0.717, 1.165) is 16.9 Å². The zero-order valence-corrected chi connectivity index (χ0v) is 13.5. The van der Waals surface area contributed by atoms with Crippen LogP contribution >= 0.6 is 0 Å². The van der Waals surface area contributed by atoms with Crippen molar-refractivity contribution in [1.82, 2.24) is 19.7 Å². The topological polar surface area (TPSA) is 51.9 Å². The van der Waals surface area contributed by atoms with E-state index in [4.69, 9.17) is 0 Å². The first kappa shape index (κ1) is 15.1. The highest BCUT2D eigenvalue weighted by molar-refractivity contribution is 5.94. The molecule has 3 aromatic rings. The Morgan fingerprint density at radius 3 is 2.39 bits per heavy atom. The van der Waals surface area contributed by atoms with E-state index in [9.17, 15) is 4.79 Å². The number of carbonyl (C=O) groups excluding carboxylic acids is 1. The van der Waals surface area contributed by atoms with Gasteiger partial charge in [0.05, 0.1) is 12.2 Å². The van der Waals surface area contributed by atoms with Gasteiger partial charge in [-0.05, 0) is 50.2 Å². The van der Waals surface area contributed by atoms with E-state index in [0.29, 0.717) is 5.56 Å². The highest BCUT2D eigenvalue weighted by Gasteiger charge is 2.15. The highest BCUT2D eigenvalue weighted by Crippen LogP contribution is 2.17. The molecule has 0 saturated carbocycles.